The van der Waals surface area contributed by atoms with Gasteiger partial charge >= 0.3 is 0 Å². The second-order valence-corrected chi connectivity index (χ2v) is 7.44. The summed E-state index contributed by atoms with van der Waals surface area (Å²) >= 11 is 6.36. The number of hydrogen-bond acceptors (Lipinski definition) is 7. The maximum atomic E-state index is 12.8. The van der Waals surface area contributed by atoms with Crippen LogP contribution in [0.3, 0.4) is 0 Å². The second-order valence-electron chi connectivity index (χ2n) is 5.77. The van der Waals surface area contributed by atoms with Crippen LogP contribution in [0, 0.1) is 0 Å². The van der Waals surface area contributed by atoms with Crippen molar-refractivity contribution < 1.29 is 23.8 Å². The van der Waals surface area contributed by atoms with Gasteiger partial charge < -0.3 is 14.2 Å². The first kappa shape index (κ1) is 20.7. The Kier molecular flexibility index (Phi) is 6.40. The fourth-order valence-electron chi connectivity index (χ4n) is 2.65. The van der Waals surface area contributed by atoms with Crippen LogP contribution in [0.4, 0.5) is 0 Å². The SMILES string of the molecule is COc1ccc(OC)c(/C=C2/SC(=S)N(NC(=O)c3ccccc3OC)C2=O)c1. The molecule has 3 rings (SSSR count). The van der Waals surface area contributed by atoms with Crippen molar-refractivity contribution in [2.45, 2.75) is 0 Å². The normalized spacial score (nSPS) is 14.9. The molecule has 2 amide bonds. The van der Waals surface area contributed by atoms with E-state index in [4.69, 9.17) is 26.4 Å². The zero-order valence-electron chi connectivity index (χ0n) is 15.9. The number of hydrogen-bond donors (Lipinski definition) is 1. The fourth-order valence-corrected chi connectivity index (χ4v) is 3.82. The highest BCUT2D eigenvalue weighted by Gasteiger charge is 2.34. The number of methoxy groups -OCH3 is 3. The Balaban J connectivity index is 1.85. The summed E-state index contributed by atoms with van der Waals surface area (Å²) in [4.78, 5) is 25.8. The number of rotatable bonds is 6. The highest BCUT2D eigenvalue weighted by atomic mass is 32.2. The van der Waals surface area contributed by atoms with Crippen LogP contribution in [0.5, 0.6) is 17.2 Å². The summed E-state index contributed by atoms with van der Waals surface area (Å²) in [6, 6.07) is 12.0. The lowest BCUT2D eigenvalue weighted by Crippen LogP contribution is -2.44. The third-order valence-electron chi connectivity index (χ3n) is 4.08. The van der Waals surface area contributed by atoms with Gasteiger partial charge in [-0.3, -0.25) is 15.0 Å². The zero-order chi connectivity index (χ0) is 21.0. The molecule has 0 spiro atoms. The van der Waals surface area contributed by atoms with E-state index in [2.05, 4.69) is 5.43 Å². The molecule has 0 unspecified atom stereocenters. The summed E-state index contributed by atoms with van der Waals surface area (Å²) in [5.74, 6) is 0.658. The minimum absolute atomic E-state index is 0.214. The average Bonchev–Trinajstić information content (AvgIpc) is 3.00. The van der Waals surface area contributed by atoms with Gasteiger partial charge in [-0.15, -0.1) is 0 Å². The van der Waals surface area contributed by atoms with Crippen LogP contribution in [0.25, 0.3) is 6.08 Å². The van der Waals surface area contributed by atoms with Crippen molar-refractivity contribution in [3.8, 4) is 17.2 Å². The quantitative estimate of drug-likeness (QED) is 0.557. The number of carbonyl (C=O) groups excluding carboxylic acids is 2. The zero-order valence-corrected chi connectivity index (χ0v) is 17.6. The third-order valence-corrected chi connectivity index (χ3v) is 5.38. The standard InChI is InChI=1S/C20H18N2O5S2/c1-25-13-8-9-15(26-2)12(10-13)11-17-19(24)22(20(28)29-17)21-18(23)14-6-4-5-7-16(14)27-3/h4-11H,1-3H3,(H,21,23)/b17-11+. The molecule has 0 saturated carbocycles. The number of carbonyl (C=O) groups is 2. The van der Waals surface area contributed by atoms with E-state index < -0.39 is 11.8 Å². The van der Waals surface area contributed by atoms with E-state index in [1.165, 1.54) is 14.2 Å². The van der Waals surface area contributed by atoms with Gasteiger partial charge in [0.05, 0.1) is 31.8 Å². The van der Waals surface area contributed by atoms with E-state index in [1.54, 1.807) is 55.7 Å². The van der Waals surface area contributed by atoms with Gasteiger partial charge in [0, 0.05) is 5.56 Å². The molecule has 0 aromatic heterocycles. The van der Waals surface area contributed by atoms with Crippen molar-refractivity contribution >= 4 is 46.2 Å². The summed E-state index contributed by atoms with van der Waals surface area (Å²) in [6.45, 7) is 0. The number of nitrogens with one attached hydrogen (secondary N) is 1. The maximum Gasteiger partial charge on any atom is 0.285 e. The molecule has 0 radical (unpaired) electrons. The van der Waals surface area contributed by atoms with Crippen molar-refractivity contribution in [1.82, 2.24) is 10.4 Å². The van der Waals surface area contributed by atoms with Crippen LogP contribution in [0.2, 0.25) is 0 Å². The molecule has 0 bridgehead atoms. The Morgan fingerprint density at radius 3 is 2.48 bits per heavy atom. The number of amides is 2. The first-order valence-corrected chi connectivity index (χ1v) is 9.65. The Morgan fingerprint density at radius 1 is 1.07 bits per heavy atom. The average molecular weight is 431 g/mol. The van der Waals surface area contributed by atoms with Gasteiger partial charge in [0.1, 0.15) is 17.2 Å². The van der Waals surface area contributed by atoms with Crippen molar-refractivity contribution in [2.24, 2.45) is 0 Å². The van der Waals surface area contributed by atoms with Gasteiger partial charge in [-0.05, 0) is 48.6 Å². The predicted octanol–water partition coefficient (Wildman–Crippen LogP) is 3.26. The van der Waals surface area contributed by atoms with Crippen molar-refractivity contribution in [2.75, 3.05) is 21.3 Å². The monoisotopic (exact) mass is 430 g/mol. The molecule has 1 aliphatic rings. The van der Waals surface area contributed by atoms with Gasteiger partial charge in [0.15, 0.2) is 4.32 Å². The number of para-hydroxylation sites is 1. The number of benzene rings is 2. The maximum absolute atomic E-state index is 12.8. The lowest BCUT2D eigenvalue weighted by molar-refractivity contribution is -0.123. The Labute approximate surface area is 177 Å². The van der Waals surface area contributed by atoms with E-state index >= 15 is 0 Å². The number of thioether (sulfide) groups is 1. The lowest BCUT2D eigenvalue weighted by Gasteiger charge is -2.16. The Bertz CT molecular complexity index is 1010. The molecule has 1 aliphatic heterocycles. The summed E-state index contributed by atoms with van der Waals surface area (Å²) in [6.07, 6.45) is 1.65. The molecular formula is C20H18N2O5S2. The highest BCUT2D eigenvalue weighted by molar-refractivity contribution is 8.26. The molecule has 0 atom stereocenters. The summed E-state index contributed by atoms with van der Waals surface area (Å²) < 4.78 is 16.0. The van der Waals surface area contributed by atoms with Crippen molar-refractivity contribution in [3.05, 3.63) is 58.5 Å². The fraction of sp³-hybridized carbons (Fsp3) is 0.150. The van der Waals surface area contributed by atoms with E-state index in [1.807, 2.05) is 0 Å². The van der Waals surface area contributed by atoms with Gasteiger partial charge in [-0.25, -0.2) is 0 Å². The van der Waals surface area contributed by atoms with Crippen LogP contribution in [-0.4, -0.2) is 42.5 Å². The molecule has 2 aromatic rings. The number of ether oxygens (including phenoxy) is 3. The molecule has 0 aliphatic carbocycles. The highest BCUT2D eigenvalue weighted by Crippen LogP contribution is 2.34. The first-order chi connectivity index (χ1) is 14.0. The predicted molar refractivity (Wildman–Crippen MR) is 115 cm³/mol. The lowest BCUT2D eigenvalue weighted by atomic mass is 10.1. The first-order valence-electron chi connectivity index (χ1n) is 8.42. The van der Waals surface area contributed by atoms with Gasteiger partial charge in [-0.2, -0.15) is 5.01 Å². The van der Waals surface area contributed by atoms with Crippen LogP contribution in [-0.2, 0) is 4.79 Å². The Hall–Kier alpha value is -3.04. The molecule has 9 heteroatoms. The van der Waals surface area contributed by atoms with Crippen LogP contribution in [0.1, 0.15) is 15.9 Å². The van der Waals surface area contributed by atoms with E-state index in [-0.39, 0.29) is 4.32 Å². The molecular weight excluding hydrogens is 412 g/mol. The minimum atomic E-state index is -0.501. The van der Waals surface area contributed by atoms with Crippen LogP contribution in [0.15, 0.2) is 47.4 Å². The molecule has 1 saturated heterocycles. The molecule has 1 N–H and O–H groups in total. The molecule has 29 heavy (non-hydrogen) atoms. The summed E-state index contributed by atoms with van der Waals surface area (Å²) in [7, 11) is 4.56. The van der Waals surface area contributed by atoms with Crippen molar-refractivity contribution in [3.63, 3.8) is 0 Å². The van der Waals surface area contributed by atoms with Crippen LogP contribution >= 0.6 is 24.0 Å². The molecule has 1 heterocycles. The second kappa shape index (κ2) is 8.97. The molecule has 7 nitrogen and oxygen atoms in total. The van der Waals surface area contributed by atoms with E-state index in [9.17, 15) is 9.59 Å². The minimum Gasteiger partial charge on any atom is -0.497 e. The summed E-state index contributed by atoms with van der Waals surface area (Å²) in [5.41, 5.74) is 3.49. The van der Waals surface area contributed by atoms with Gasteiger partial charge in [0.25, 0.3) is 11.8 Å². The number of hydrazine groups is 1. The number of thiocarbonyl (C=S) groups is 1. The smallest absolute Gasteiger partial charge is 0.285 e. The van der Waals surface area contributed by atoms with E-state index in [0.717, 1.165) is 16.8 Å². The van der Waals surface area contributed by atoms with Gasteiger partial charge in [0.2, 0.25) is 0 Å². The Morgan fingerprint density at radius 2 is 1.79 bits per heavy atom. The van der Waals surface area contributed by atoms with E-state index in [0.29, 0.717) is 33.3 Å². The van der Waals surface area contributed by atoms with Crippen LogP contribution < -0.4 is 19.6 Å². The molecule has 150 valence electrons. The van der Waals surface area contributed by atoms with Gasteiger partial charge in [-0.1, -0.05) is 23.9 Å². The molecule has 2 aromatic carbocycles. The van der Waals surface area contributed by atoms with Crippen molar-refractivity contribution in [1.29, 1.82) is 0 Å². The largest absolute Gasteiger partial charge is 0.497 e. The number of nitrogens with zero attached hydrogens (tertiary/aromatic N) is 1. The molecule has 1 fully saturated rings. The summed E-state index contributed by atoms with van der Waals surface area (Å²) in [5, 5.41) is 1.05. The topological polar surface area (TPSA) is 77.1 Å². The third kappa shape index (κ3) is 4.36.